The molecular weight excluding hydrogens is 458 g/mol. The van der Waals surface area contributed by atoms with E-state index in [1.165, 1.54) is 11.2 Å². The smallest absolute Gasteiger partial charge is 0.289 e. The van der Waals surface area contributed by atoms with Crippen LogP contribution in [0.4, 0.5) is 8.78 Å². The van der Waals surface area contributed by atoms with Crippen molar-refractivity contribution in [3.05, 3.63) is 83.8 Å². The van der Waals surface area contributed by atoms with Gasteiger partial charge in [-0.05, 0) is 30.3 Å². The molecule has 0 bridgehead atoms. The third-order valence-corrected chi connectivity index (χ3v) is 8.13. The minimum atomic E-state index is -4.36. The fourth-order valence-electron chi connectivity index (χ4n) is 3.45. The molecule has 168 valence electrons. The number of thioether (sulfide) groups is 1. The number of nitrogens with zero attached hydrogens (tertiary/aromatic N) is 2. The van der Waals surface area contributed by atoms with Crippen LogP contribution in [0.25, 0.3) is 0 Å². The summed E-state index contributed by atoms with van der Waals surface area (Å²) >= 11 is 1.57. The number of hydrogen-bond acceptors (Lipinski definition) is 5. The number of rotatable bonds is 6. The summed E-state index contributed by atoms with van der Waals surface area (Å²) in [4.78, 5) is 14.5. The van der Waals surface area contributed by atoms with Crippen molar-refractivity contribution in [3.8, 4) is 0 Å². The molecule has 1 aliphatic rings. The lowest BCUT2D eigenvalue weighted by Crippen LogP contribution is -2.50. The lowest BCUT2D eigenvalue weighted by molar-refractivity contribution is 0.0664. The highest BCUT2D eigenvalue weighted by Crippen LogP contribution is 2.27. The Morgan fingerprint density at radius 3 is 2.25 bits per heavy atom. The lowest BCUT2D eigenvalue weighted by atomic mass is 10.2. The minimum Gasteiger partial charge on any atom is -0.459 e. The van der Waals surface area contributed by atoms with Gasteiger partial charge in [-0.2, -0.15) is 4.31 Å². The Morgan fingerprint density at radius 1 is 0.938 bits per heavy atom. The zero-order valence-electron chi connectivity index (χ0n) is 16.9. The van der Waals surface area contributed by atoms with E-state index in [-0.39, 0.29) is 37.8 Å². The van der Waals surface area contributed by atoms with Gasteiger partial charge >= 0.3 is 0 Å². The van der Waals surface area contributed by atoms with Crippen molar-refractivity contribution in [2.24, 2.45) is 0 Å². The minimum absolute atomic E-state index is 0.0728. The number of hydrogen-bond donors (Lipinski definition) is 0. The van der Waals surface area contributed by atoms with Crippen LogP contribution in [-0.4, -0.2) is 49.7 Å². The molecule has 2 heterocycles. The molecule has 3 aromatic rings. The normalized spacial score (nSPS) is 15.1. The second-order valence-corrected chi connectivity index (χ2v) is 10.0. The van der Waals surface area contributed by atoms with Gasteiger partial charge in [0, 0.05) is 42.4 Å². The van der Waals surface area contributed by atoms with Gasteiger partial charge in [-0.1, -0.05) is 24.3 Å². The van der Waals surface area contributed by atoms with Crippen LogP contribution in [0.1, 0.15) is 16.1 Å². The monoisotopic (exact) mass is 478 g/mol. The molecule has 1 fully saturated rings. The van der Waals surface area contributed by atoms with Gasteiger partial charge in [0.05, 0.1) is 6.26 Å². The maximum atomic E-state index is 14.0. The van der Waals surface area contributed by atoms with Crippen molar-refractivity contribution < 1.29 is 26.4 Å². The molecule has 1 aliphatic heterocycles. The molecule has 1 aromatic heterocycles. The Labute approximate surface area is 188 Å². The van der Waals surface area contributed by atoms with Gasteiger partial charge in [0.1, 0.15) is 11.6 Å². The van der Waals surface area contributed by atoms with Gasteiger partial charge in [-0.3, -0.25) is 4.79 Å². The molecule has 0 saturated carbocycles. The first-order chi connectivity index (χ1) is 15.4. The standard InChI is InChI=1S/C22H20F2N2O4S2/c23-18-7-4-8-19(24)21(18)32(28,29)26-12-10-25(11-13-26)22(27)20-16(9-14-30-20)15-31-17-5-2-1-3-6-17/h1-9,14H,10-13,15H2. The summed E-state index contributed by atoms with van der Waals surface area (Å²) in [6, 6.07) is 14.4. The van der Waals surface area contributed by atoms with E-state index in [1.54, 1.807) is 17.8 Å². The number of piperazine rings is 1. The number of benzene rings is 2. The second kappa shape index (κ2) is 9.43. The number of carbonyl (C=O) groups is 1. The van der Waals surface area contributed by atoms with E-state index < -0.39 is 26.6 Å². The number of carbonyl (C=O) groups excluding carboxylic acids is 1. The highest BCUT2D eigenvalue weighted by molar-refractivity contribution is 7.98. The van der Waals surface area contributed by atoms with Crippen molar-refractivity contribution in [1.82, 2.24) is 9.21 Å². The summed E-state index contributed by atoms with van der Waals surface area (Å²) in [5.41, 5.74) is 0.743. The Morgan fingerprint density at radius 2 is 1.59 bits per heavy atom. The Hall–Kier alpha value is -2.69. The van der Waals surface area contributed by atoms with Crippen LogP contribution in [0.15, 0.2) is 75.1 Å². The molecule has 2 aromatic carbocycles. The van der Waals surface area contributed by atoms with Crippen molar-refractivity contribution in [2.75, 3.05) is 26.2 Å². The molecule has 0 atom stereocenters. The molecular formula is C22H20F2N2O4S2. The van der Waals surface area contributed by atoms with Crippen LogP contribution in [0.2, 0.25) is 0 Å². The molecule has 0 N–H and O–H groups in total. The third kappa shape index (κ3) is 4.57. The van der Waals surface area contributed by atoms with Crippen LogP contribution < -0.4 is 0 Å². The first kappa shape index (κ1) is 22.5. The lowest BCUT2D eigenvalue weighted by Gasteiger charge is -2.33. The summed E-state index contributed by atoms with van der Waals surface area (Å²) in [6.45, 7) is 0.0213. The van der Waals surface area contributed by atoms with Crippen LogP contribution >= 0.6 is 11.8 Å². The summed E-state index contributed by atoms with van der Waals surface area (Å²) in [5.74, 6) is -1.86. The Bertz CT molecular complexity index is 1190. The molecule has 0 spiro atoms. The summed E-state index contributed by atoms with van der Waals surface area (Å²) in [5, 5.41) is 0. The predicted octanol–water partition coefficient (Wildman–Crippen LogP) is 4.00. The first-order valence-corrected chi connectivity index (χ1v) is 12.3. The number of furan rings is 1. The zero-order valence-corrected chi connectivity index (χ0v) is 18.5. The zero-order chi connectivity index (χ0) is 22.7. The van der Waals surface area contributed by atoms with Gasteiger partial charge in [0.25, 0.3) is 5.91 Å². The van der Waals surface area contributed by atoms with E-state index in [0.717, 1.165) is 33.0 Å². The fraction of sp³-hybridized carbons (Fsp3) is 0.227. The highest BCUT2D eigenvalue weighted by Gasteiger charge is 2.35. The SMILES string of the molecule is O=C(c1occc1CSc1ccccc1)N1CCN(S(=O)(=O)c2c(F)cccc2F)CC1. The van der Waals surface area contributed by atoms with E-state index in [0.29, 0.717) is 5.75 Å². The number of halogens is 2. The molecule has 0 unspecified atom stereocenters. The van der Waals surface area contributed by atoms with Crippen molar-refractivity contribution >= 4 is 27.7 Å². The van der Waals surface area contributed by atoms with Crippen molar-refractivity contribution in [1.29, 1.82) is 0 Å². The first-order valence-electron chi connectivity index (χ1n) is 9.85. The number of sulfonamides is 1. The van der Waals surface area contributed by atoms with Gasteiger partial charge in [-0.15, -0.1) is 11.8 Å². The molecule has 1 saturated heterocycles. The average Bonchev–Trinajstić information content (AvgIpc) is 3.26. The van der Waals surface area contributed by atoms with Crippen LogP contribution in [-0.2, 0) is 15.8 Å². The summed E-state index contributed by atoms with van der Waals surface area (Å²) in [6.07, 6.45) is 1.45. The van der Waals surface area contributed by atoms with E-state index in [1.807, 2.05) is 30.3 Å². The maximum Gasteiger partial charge on any atom is 0.289 e. The quantitative estimate of drug-likeness (QED) is 0.501. The van der Waals surface area contributed by atoms with Gasteiger partial charge in [0.2, 0.25) is 10.0 Å². The average molecular weight is 479 g/mol. The molecule has 4 rings (SSSR count). The molecule has 0 aliphatic carbocycles. The van der Waals surface area contributed by atoms with Crippen LogP contribution in [0.3, 0.4) is 0 Å². The highest BCUT2D eigenvalue weighted by atomic mass is 32.2. The Balaban J connectivity index is 1.42. The summed E-state index contributed by atoms with van der Waals surface area (Å²) < 4.78 is 59.9. The Kier molecular flexibility index (Phi) is 6.63. The second-order valence-electron chi connectivity index (χ2n) is 7.12. The van der Waals surface area contributed by atoms with E-state index in [9.17, 15) is 22.0 Å². The van der Waals surface area contributed by atoms with E-state index in [2.05, 4.69) is 0 Å². The largest absolute Gasteiger partial charge is 0.459 e. The maximum absolute atomic E-state index is 14.0. The van der Waals surface area contributed by atoms with E-state index >= 15 is 0 Å². The van der Waals surface area contributed by atoms with Crippen molar-refractivity contribution in [3.63, 3.8) is 0 Å². The predicted molar refractivity (Wildman–Crippen MR) is 116 cm³/mol. The third-order valence-electron chi connectivity index (χ3n) is 5.12. The van der Waals surface area contributed by atoms with Crippen LogP contribution in [0.5, 0.6) is 0 Å². The van der Waals surface area contributed by atoms with Gasteiger partial charge in [-0.25, -0.2) is 17.2 Å². The van der Waals surface area contributed by atoms with Crippen LogP contribution in [0, 0.1) is 11.6 Å². The van der Waals surface area contributed by atoms with Gasteiger partial charge < -0.3 is 9.32 Å². The van der Waals surface area contributed by atoms with Crippen molar-refractivity contribution in [2.45, 2.75) is 15.5 Å². The topological polar surface area (TPSA) is 70.8 Å². The summed E-state index contributed by atoms with van der Waals surface area (Å²) in [7, 11) is -4.36. The molecule has 1 amide bonds. The molecule has 6 nitrogen and oxygen atoms in total. The molecule has 0 radical (unpaired) electrons. The molecule has 32 heavy (non-hydrogen) atoms. The molecule has 10 heteroatoms. The van der Waals surface area contributed by atoms with E-state index in [4.69, 9.17) is 4.42 Å². The number of amides is 1. The fourth-order valence-corrected chi connectivity index (χ4v) is 5.88. The van der Waals surface area contributed by atoms with Gasteiger partial charge in [0.15, 0.2) is 10.7 Å².